The van der Waals surface area contributed by atoms with Crippen LogP contribution in [0.5, 0.6) is 0 Å². The lowest BCUT2D eigenvalue weighted by atomic mass is 10.3. The molecule has 0 spiro atoms. The van der Waals surface area contributed by atoms with E-state index in [9.17, 15) is 14.8 Å². The molecule has 0 aliphatic heterocycles. The molecule has 6 heteroatoms. The summed E-state index contributed by atoms with van der Waals surface area (Å²) in [5.74, 6) is -1.82. The van der Waals surface area contributed by atoms with E-state index in [-0.39, 0.29) is 11.2 Å². The van der Waals surface area contributed by atoms with E-state index in [2.05, 4.69) is 4.99 Å². The summed E-state index contributed by atoms with van der Waals surface area (Å²) in [6, 6.07) is 3.91. The molecule has 0 atom stereocenters. The lowest BCUT2D eigenvalue weighted by Crippen LogP contribution is -2.24. The largest absolute Gasteiger partial charge is 0.476 e. The summed E-state index contributed by atoms with van der Waals surface area (Å²) >= 11 is 0. The number of pyridine rings is 1. The number of nitrogens with zero attached hydrogens (tertiary/aromatic N) is 2. The standard InChI is InChI=1S/C8H8N2O4/c1-5(11)9-7-4-2-3-6(8(12)13)10(7)14/h2-4,14H,1H3,(H,12,13). The second-order valence-corrected chi connectivity index (χ2v) is 2.52. The van der Waals surface area contributed by atoms with Gasteiger partial charge >= 0.3 is 5.97 Å². The summed E-state index contributed by atoms with van der Waals surface area (Å²) in [6.07, 6.45) is 0. The lowest BCUT2D eigenvalue weighted by Gasteiger charge is -2.01. The third kappa shape index (κ3) is 1.98. The van der Waals surface area contributed by atoms with Gasteiger partial charge in [-0.15, -0.1) is 0 Å². The number of rotatable bonds is 1. The molecule has 0 saturated carbocycles. The van der Waals surface area contributed by atoms with Crippen LogP contribution in [-0.4, -0.2) is 26.9 Å². The van der Waals surface area contributed by atoms with E-state index in [0.29, 0.717) is 4.73 Å². The Bertz CT molecular complexity index is 447. The van der Waals surface area contributed by atoms with Crippen molar-refractivity contribution in [3.05, 3.63) is 29.4 Å². The molecule has 0 unspecified atom stereocenters. The van der Waals surface area contributed by atoms with Gasteiger partial charge in [-0.2, -0.15) is 9.72 Å². The molecule has 0 bridgehead atoms. The molecule has 74 valence electrons. The SMILES string of the molecule is CC(=O)N=c1cccc(C(=O)O)n1O. The van der Waals surface area contributed by atoms with Crippen molar-refractivity contribution in [2.45, 2.75) is 6.92 Å². The summed E-state index contributed by atoms with van der Waals surface area (Å²) in [5.41, 5.74) is -0.468. The van der Waals surface area contributed by atoms with Crippen molar-refractivity contribution in [3.63, 3.8) is 0 Å². The fourth-order valence-electron chi connectivity index (χ4n) is 0.898. The Hall–Kier alpha value is -2.11. The molecule has 1 aromatic heterocycles. The van der Waals surface area contributed by atoms with E-state index in [0.717, 1.165) is 0 Å². The van der Waals surface area contributed by atoms with Crippen LogP contribution in [0.4, 0.5) is 0 Å². The molecule has 0 aliphatic rings. The van der Waals surface area contributed by atoms with Gasteiger partial charge in [-0.05, 0) is 12.1 Å². The van der Waals surface area contributed by atoms with Gasteiger partial charge in [0, 0.05) is 6.92 Å². The van der Waals surface area contributed by atoms with Crippen LogP contribution in [0.15, 0.2) is 23.2 Å². The van der Waals surface area contributed by atoms with Crippen LogP contribution in [0.3, 0.4) is 0 Å². The number of carbonyl (C=O) groups excluding carboxylic acids is 1. The number of carboxylic acids is 1. The van der Waals surface area contributed by atoms with Gasteiger partial charge in [0.1, 0.15) is 0 Å². The quantitative estimate of drug-likeness (QED) is 0.612. The van der Waals surface area contributed by atoms with Crippen LogP contribution in [0.2, 0.25) is 0 Å². The van der Waals surface area contributed by atoms with Gasteiger partial charge in [0.2, 0.25) is 5.91 Å². The summed E-state index contributed by atoms with van der Waals surface area (Å²) in [6.45, 7) is 1.20. The fraction of sp³-hybridized carbons (Fsp3) is 0.125. The first-order chi connectivity index (χ1) is 6.52. The molecule has 1 aromatic rings. The van der Waals surface area contributed by atoms with Crippen LogP contribution < -0.4 is 5.49 Å². The van der Waals surface area contributed by atoms with Gasteiger partial charge in [-0.3, -0.25) is 4.79 Å². The topological polar surface area (TPSA) is 91.9 Å². The fourth-order valence-corrected chi connectivity index (χ4v) is 0.898. The predicted octanol–water partition coefficient (Wildman–Crippen LogP) is -0.129. The summed E-state index contributed by atoms with van der Waals surface area (Å²) < 4.78 is 0.351. The Morgan fingerprint density at radius 3 is 2.57 bits per heavy atom. The smallest absolute Gasteiger partial charge is 0.356 e. The molecule has 2 N–H and O–H groups in total. The van der Waals surface area contributed by atoms with Crippen molar-refractivity contribution < 1.29 is 19.9 Å². The lowest BCUT2D eigenvalue weighted by molar-refractivity contribution is -0.116. The van der Waals surface area contributed by atoms with Crippen molar-refractivity contribution in [2.75, 3.05) is 0 Å². The first-order valence-electron chi connectivity index (χ1n) is 3.72. The van der Waals surface area contributed by atoms with Crippen molar-refractivity contribution in [1.82, 2.24) is 4.73 Å². The van der Waals surface area contributed by atoms with Gasteiger partial charge in [0.25, 0.3) is 0 Å². The maximum Gasteiger partial charge on any atom is 0.356 e. The number of amides is 1. The Balaban J connectivity index is 3.42. The summed E-state index contributed by atoms with van der Waals surface area (Å²) in [4.78, 5) is 24.6. The molecular weight excluding hydrogens is 188 g/mol. The van der Waals surface area contributed by atoms with Crippen molar-refractivity contribution in [3.8, 4) is 0 Å². The molecule has 6 nitrogen and oxygen atoms in total. The molecule has 0 fully saturated rings. The predicted molar refractivity (Wildman–Crippen MR) is 44.8 cm³/mol. The summed E-state index contributed by atoms with van der Waals surface area (Å²) in [5, 5.41) is 17.9. The third-order valence-corrected chi connectivity index (χ3v) is 1.44. The van der Waals surface area contributed by atoms with E-state index in [1.807, 2.05) is 0 Å². The van der Waals surface area contributed by atoms with Gasteiger partial charge < -0.3 is 10.3 Å². The van der Waals surface area contributed by atoms with Crippen LogP contribution in [-0.2, 0) is 4.79 Å². The van der Waals surface area contributed by atoms with E-state index in [1.54, 1.807) is 0 Å². The Morgan fingerprint density at radius 1 is 1.43 bits per heavy atom. The minimum absolute atomic E-state index is 0.114. The molecule has 1 rings (SSSR count). The molecule has 0 aromatic carbocycles. The van der Waals surface area contributed by atoms with Crippen molar-refractivity contribution in [2.24, 2.45) is 4.99 Å². The molecular formula is C8H8N2O4. The Labute approximate surface area is 78.7 Å². The zero-order chi connectivity index (χ0) is 10.7. The van der Waals surface area contributed by atoms with Gasteiger partial charge in [-0.1, -0.05) is 6.07 Å². The van der Waals surface area contributed by atoms with E-state index in [1.165, 1.54) is 25.1 Å². The van der Waals surface area contributed by atoms with Crippen LogP contribution >= 0.6 is 0 Å². The van der Waals surface area contributed by atoms with E-state index in [4.69, 9.17) is 5.11 Å². The molecule has 1 heterocycles. The highest BCUT2D eigenvalue weighted by molar-refractivity contribution is 5.85. The second kappa shape index (κ2) is 3.73. The Morgan fingerprint density at radius 2 is 2.07 bits per heavy atom. The highest BCUT2D eigenvalue weighted by Gasteiger charge is 2.07. The third-order valence-electron chi connectivity index (χ3n) is 1.44. The maximum atomic E-state index is 10.6. The zero-order valence-corrected chi connectivity index (χ0v) is 7.34. The average molecular weight is 196 g/mol. The highest BCUT2D eigenvalue weighted by Crippen LogP contribution is 1.92. The molecule has 0 radical (unpaired) electrons. The second-order valence-electron chi connectivity index (χ2n) is 2.52. The zero-order valence-electron chi connectivity index (χ0n) is 7.34. The first kappa shape index (κ1) is 9.97. The van der Waals surface area contributed by atoms with Gasteiger partial charge in [-0.25, -0.2) is 4.79 Å². The number of aromatic carboxylic acids is 1. The minimum atomic E-state index is -1.30. The average Bonchev–Trinajstić information content (AvgIpc) is 2.07. The van der Waals surface area contributed by atoms with Crippen LogP contribution in [0.1, 0.15) is 17.4 Å². The van der Waals surface area contributed by atoms with Crippen molar-refractivity contribution >= 4 is 11.9 Å². The minimum Gasteiger partial charge on any atom is -0.476 e. The van der Waals surface area contributed by atoms with Crippen LogP contribution in [0.25, 0.3) is 0 Å². The number of aromatic nitrogens is 1. The maximum absolute atomic E-state index is 10.6. The summed E-state index contributed by atoms with van der Waals surface area (Å²) in [7, 11) is 0. The van der Waals surface area contributed by atoms with E-state index >= 15 is 0 Å². The number of carboxylic acid groups (broad SMARTS) is 1. The molecule has 0 saturated heterocycles. The molecule has 1 amide bonds. The highest BCUT2D eigenvalue weighted by atomic mass is 16.5. The normalized spacial score (nSPS) is 11.4. The van der Waals surface area contributed by atoms with Crippen molar-refractivity contribution in [1.29, 1.82) is 0 Å². The first-order valence-corrected chi connectivity index (χ1v) is 3.72. The number of hydrogen-bond acceptors (Lipinski definition) is 3. The molecule has 14 heavy (non-hydrogen) atoms. The van der Waals surface area contributed by atoms with Gasteiger partial charge in [0.05, 0.1) is 0 Å². The van der Waals surface area contributed by atoms with E-state index < -0.39 is 11.9 Å². The number of hydrogen-bond donors (Lipinski definition) is 2. The Kier molecular flexibility index (Phi) is 2.66. The number of carbonyl (C=O) groups is 2. The monoisotopic (exact) mass is 196 g/mol. The molecule has 0 aliphatic carbocycles. The van der Waals surface area contributed by atoms with Gasteiger partial charge in [0.15, 0.2) is 11.2 Å². The van der Waals surface area contributed by atoms with Crippen LogP contribution in [0, 0.1) is 0 Å².